The van der Waals surface area contributed by atoms with E-state index in [9.17, 15) is 14.4 Å². The largest absolute Gasteiger partial charge is 0.462 e. The summed E-state index contributed by atoms with van der Waals surface area (Å²) in [5.41, 5.74) is 0. The van der Waals surface area contributed by atoms with E-state index in [4.69, 9.17) is 14.2 Å². The van der Waals surface area contributed by atoms with Gasteiger partial charge in [-0.3, -0.25) is 14.4 Å². The maximum atomic E-state index is 12.8. The number of allylic oxidation sites excluding steroid dienone is 14. The van der Waals surface area contributed by atoms with Gasteiger partial charge in [0.25, 0.3) is 0 Å². The van der Waals surface area contributed by atoms with Crippen molar-refractivity contribution in [1.29, 1.82) is 0 Å². The van der Waals surface area contributed by atoms with Crippen LogP contribution in [0.2, 0.25) is 0 Å². The first-order chi connectivity index (χ1) is 30.0. The molecule has 0 aromatic heterocycles. The van der Waals surface area contributed by atoms with Crippen LogP contribution in [0.1, 0.15) is 226 Å². The highest BCUT2D eigenvalue weighted by molar-refractivity contribution is 5.71. The normalized spacial score (nSPS) is 12.8. The summed E-state index contributed by atoms with van der Waals surface area (Å²) in [5.74, 6) is -0.978. The third-order valence-electron chi connectivity index (χ3n) is 10.4. The first kappa shape index (κ1) is 57.6. The molecule has 0 aromatic carbocycles. The number of hydrogen-bond donors (Lipinski definition) is 0. The lowest BCUT2D eigenvalue weighted by Crippen LogP contribution is -2.30. The Morgan fingerprint density at radius 1 is 0.344 bits per heavy atom. The van der Waals surface area contributed by atoms with Crippen molar-refractivity contribution in [2.45, 2.75) is 232 Å². The fourth-order valence-electron chi connectivity index (χ4n) is 6.57. The SMILES string of the molecule is CC/C=C\C/C=C\C/C=C\C/C=C\C/C=C\CCCC(=O)OCC(COC(=O)CCCCCCC/C=C\CCCC)OC(=O)CCCCCCCCC/C=C\CCCCCC. The first-order valence-corrected chi connectivity index (χ1v) is 25.1. The van der Waals surface area contributed by atoms with E-state index in [0.29, 0.717) is 19.3 Å². The molecule has 0 rings (SSSR count). The number of ether oxygens (including phenoxy) is 3. The zero-order chi connectivity index (χ0) is 44.4. The summed E-state index contributed by atoms with van der Waals surface area (Å²) in [5, 5.41) is 0. The van der Waals surface area contributed by atoms with Gasteiger partial charge >= 0.3 is 17.9 Å². The number of carbonyl (C=O) groups is 3. The van der Waals surface area contributed by atoms with Crippen molar-refractivity contribution in [3.63, 3.8) is 0 Å². The van der Waals surface area contributed by atoms with Crippen molar-refractivity contribution in [3.05, 3.63) is 85.1 Å². The molecule has 0 aliphatic rings. The Morgan fingerprint density at radius 3 is 1.13 bits per heavy atom. The van der Waals surface area contributed by atoms with E-state index in [1.54, 1.807) is 0 Å². The summed E-state index contributed by atoms with van der Waals surface area (Å²) in [6.45, 7) is 6.40. The van der Waals surface area contributed by atoms with Crippen molar-refractivity contribution < 1.29 is 28.6 Å². The van der Waals surface area contributed by atoms with Crippen LogP contribution in [0.5, 0.6) is 0 Å². The number of unbranched alkanes of at least 4 members (excludes halogenated alkanes) is 19. The van der Waals surface area contributed by atoms with Gasteiger partial charge in [-0.05, 0) is 103 Å². The predicted molar refractivity (Wildman–Crippen MR) is 261 cm³/mol. The van der Waals surface area contributed by atoms with Gasteiger partial charge in [-0.15, -0.1) is 0 Å². The second-order valence-electron chi connectivity index (χ2n) is 16.3. The molecule has 0 saturated heterocycles. The molecule has 0 aromatic rings. The third-order valence-corrected chi connectivity index (χ3v) is 10.4. The lowest BCUT2D eigenvalue weighted by Gasteiger charge is -2.18. The Bertz CT molecular complexity index is 1200. The van der Waals surface area contributed by atoms with Gasteiger partial charge in [-0.2, -0.15) is 0 Å². The molecule has 6 nitrogen and oxygen atoms in total. The molecule has 0 bridgehead atoms. The molecule has 0 spiro atoms. The van der Waals surface area contributed by atoms with Gasteiger partial charge in [0.15, 0.2) is 6.10 Å². The average Bonchev–Trinajstić information content (AvgIpc) is 3.26. The number of rotatable bonds is 44. The van der Waals surface area contributed by atoms with E-state index in [1.165, 1.54) is 89.9 Å². The van der Waals surface area contributed by atoms with Crippen LogP contribution in [0.25, 0.3) is 0 Å². The monoisotopic (exact) mass is 849 g/mol. The zero-order valence-corrected chi connectivity index (χ0v) is 39.7. The van der Waals surface area contributed by atoms with Gasteiger partial charge in [0, 0.05) is 19.3 Å². The minimum Gasteiger partial charge on any atom is -0.462 e. The highest BCUT2D eigenvalue weighted by Crippen LogP contribution is 2.13. The Labute approximate surface area is 375 Å². The Hall–Kier alpha value is -3.41. The molecule has 0 aliphatic carbocycles. The van der Waals surface area contributed by atoms with Crippen LogP contribution >= 0.6 is 0 Å². The van der Waals surface area contributed by atoms with Crippen molar-refractivity contribution in [3.8, 4) is 0 Å². The zero-order valence-electron chi connectivity index (χ0n) is 39.7. The van der Waals surface area contributed by atoms with Crippen LogP contribution in [0, 0.1) is 0 Å². The van der Waals surface area contributed by atoms with Gasteiger partial charge in [-0.25, -0.2) is 0 Å². The van der Waals surface area contributed by atoms with E-state index >= 15 is 0 Å². The highest BCUT2D eigenvalue weighted by atomic mass is 16.6. The van der Waals surface area contributed by atoms with Crippen LogP contribution < -0.4 is 0 Å². The quantitative estimate of drug-likeness (QED) is 0.0263. The molecule has 0 fully saturated rings. The fraction of sp³-hybridized carbons (Fsp3) is 0.691. The maximum absolute atomic E-state index is 12.8. The van der Waals surface area contributed by atoms with E-state index in [-0.39, 0.29) is 37.5 Å². The fourth-order valence-corrected chi connectivity index (χ4v) is 6.57. The summed E-state index contributed by atoms with van der Waals surface area (Å²) in [4.78, 5) is 37.9. The lowest BCUT2D eigenvalue weighted by molar-refractivity contribution is -0.167. The van der Waals surface area contributed by atoms with Crippen LogP contribution in [0.3, 0.4) is 0 Å². The van der Waals surface area contributed by atoms with Crippen molar-refractivity contribution in [1.82, 2.24) is 0 Å². The van der Waals surface area contributed by atoms with Gasteiger partial charge in [0.1, 0.15) is 13.2 Å². The molecule has 1 unspecified atom stereocenters. The Balaban J connectivity index is 4.48. The number of carbonyl (C=O) groups excluding carboxylic acids is 3. The second kappa shape index (κ2) is 49.2. The summed E-state index contributed by atoms with van der Waals surface area (Å²) in [7, 11) is 0. The summed E-state index contributed by atoms with van der Waals surface area (Å²) >= 11 is 0. The molecule has 1 atom stereocenters. The Morgan fingerprint density at radius 2 is 0.672 bits per heavy atom. The predicted octanol–water partition coefficient (Wildman–Crippen LogP) is 16.4. The van der Waals surface area contributed by atoms with Crippen LogP contribution in [-0.4, -0.2) is 37.2 Å². The topological polar surface area (TPSA) is 78.9 Å². The molecule has 0 radical (unpaired) electrons. The lowest BCUT2D eigenvalue weighted by atomic mass is 10.1. The van der Waals surface area contributed by atoms with Crippen LogP contribution in [0.15, 0.2) is 85.1 Å². The van der Waals surface area contributed by atoms with Gasteiger partial charge in [0.2, 0.25) is 0 Å². The van der Waals surface area contributed by atoms with E-state index in [2.05, 4.69) is 106 Å². The van der Waals surface area contributed by atoms with Crippen molar-refractivity contribution >= 4 is 17.9 Å². The van der Waals surface area contributed by atoms with Crippen LogP contribution in [-0.2, 0) is 28.6 Å². The van der Waals surface area contributed by atoms with E-state index < -0.39 is 6.10 Å². The Kier molecular flexibility index (Phi) is 46.5. The molecule has 0 heterocycles. The first-order valence-electron chi connectivity index (χ1n) is 25.1. The molecular weight excluding hydrogens is 757 g/mol. The summed E-state index contributed by atoms with van der Waals surface area (Å²) in [6.07, 6.45) is 62.8. The second-order valence-corrected chi connectivity index (χ2v) is 16.3. The molecule has 61 heavy (non-hydrogen) atoms. The van der Waals surface area contributed by atoms with Gasteiger partial charge in [-0.1, -0.05) is 189 Å². The minimum atomic E-state index is -0.804. The number of esters is 3. The third kappa shape index (κ3) is 47.5. The summed E-state index contributed by atoms with van der Waals surface area (Å²) < 4.78 is 16.7. The minimum absolute atomic E-state index is 0.101. The molecule has 0 N–H and O–H groups in total. The summed E-state index contributed by atoms with van der Waals surface area (Å²) in [6, 6.07) is 0. The molecular formula is C55H92O6. The molecule has 0 amide bonds. The van der Waals surface area contributed by atoms with E-state index in [0.717, 1.165) is 89.9 Å². The maximum Gasteiger partial charge on any atom is 0.306 e. The van der Waals surface area contributed by atoms with Crippen LogP contribution in [0.4, 0.5) is 0 Å². The number of hydrogen-bond acceptors (Lipinski definition) is 6. The van der Waals surface area contributed by atoms with Gasteiger partial charge < -0.3 is 14.2 Å². The molecule has 6 heteroatoms. The standard InChI is InChI=1S/C55H92O6/c1-4-7-10-13-16-19-22-24-26-27-29-30-33-36-39-42-45-48-54(57)60-51-52(50-59-53(56)47-44-41-38-35-32-21-18-15-12-9-6-3)61-55(58)49-46-43-40-37-34-31-28-25-23-20-17-14-11-8-5-2/h7,10,15-16,18-20,23-24,26,29-30,36,39,52H,4-6,8-9,11-14,17,21-22,25,27-28,31-35,37-38,40-51H2,1-3H3/b10-7-,18-15-,19-16-,23-20-,26-24-,30-29-,39-36-. The molecule has 348 valence electrons. The van der Waals surface area contributed by atoms with E-state index in [1.807, 2.05) is 0 Å². The molecule has 0 saturated carbocycles. The highest BCUT2D eigenvalue weighted by Gasteiger charge is 2.19. The van der Waals surface area contributed by atoms with Crippen molar-refractivity contribution in [2.75, 3.05) is 13.2 Å². The van der Waals surface area contributed by atoms with Gasteiger partial charge in [0.05, 0.1) is 0 Å². The van der Waals surface area contributed by atoms with Crippen molar-refractivity contribution in [2.24, 2.45) is 0 Å². The smallest absolute Gasteiger partial charge is 0.306 e. The molecule has 0 aliphatic heterocycles. The average molecular weight is 849 g/mol.